The van der Waals surface area contributed by atoms with Crippen LogP contribution in [-0.4, -0.2) is 24.1 Å². The first-order chi connectivity index (χ1) is 30.4. The van der Waals surface area contributed by atoms with Gasteiger partial charge in [0.1, 0.15) is 6.07 Å². The van der Waals surface area contributed by atoms with Crippen molar-refractivity contribution in [1.82, 2.24) is 24.1 Å². The van der Waals surface area contributed by atoms with Crippen LogP contribution in [0.5, 0.6) is 0 Å². The van der Waals surface area contributed by atoms with Gasteiger partial charge in [0.2, 0.25) is 0 Å². The van der Waals surface area contributed by atoms with E-state index >= 15 is 0 Å². The molecule has 0 spiro atoms. The summed E-state index contributed by atoms with van der Waals surface area (Å²) >= 11 is 0. The first kappa shape index (κ1) is 36.7. The SMILES string of the molecule is N#Cc1cc(-c2nc(-c3ccccc3)nc(-c3ccccc3)n2)ccc1-n1c2ccccc2c2ccc3c(c4ccccc4n3-c3ccc(-c4ccccc4C(F)(F)F)cc3)c21. The van der Waals surface area contributed by atoms with Crippen molar-refractivity contribution >= 4 is 43.6 Å². The summed E-state index contributed by atoms with van der Waals surface area (Å²) in [6, 6.07) is 61.2. The van der Waals surface area contributed by atoms with Crippen molar-refractivity contribution in [2.24, 2.45) is 0 Å². The molecule has 62 heavy (non-hydrogen) atoms. The molecule has 0 unspecified atom stereocenters. The van der Waals surface area contributed by atoms with Gasteiger partial charge in [-0.1, -0.05) is 133 Å². The lowest BCUT2D eigenvalue weighted by Crippen LogP contribution is -2.06. The Morgan fingerprint density at radius 2 is 1.00 bits per heavy atom. The predicted molar refractivity (Wildman–Crippen MR) is 240 cm³/mol. The average molecular weight is 809 g/mol. The van der Waals surface area contributed by atoms with Gasteiger partial charge in [-0.3, -0.25) is 0 Å². The molecule has 0 saturated carbocycles. The van der Waals surface area contributed by atoms with Gasteiger partial charge in [0.15, 0.2) is 17.5 Å². The summed E-state index contributed by atoms with van der Waals surface area (Å²) < 4.78 is 46.3. The fraction of sp³-hybridized carbons (Fsp3) is 0.0189. The van der Waals surface area contributed by atoms with Crippen molar-refractivity contribution in [2.45, 2.75) is 6.18 Å². The van der Waals surface area contributed by atoms with Crippen LogP contribution in [0.15, 0.2) is 188 Å². The van der Waals surface area contributed by atoms with Crippen molar-refractivity contribution < 1.29 is 13.2 Å². The molecule has 0 fully saturated rings. The Bertz CT molecular complexity index is 3510. The first-order valence-electron chi connectivity index (χ1n) is 20.0. The molecule has 0 aliphatic carbocycles. The summed E-state index contributed by atoms with van der Waals surface area (Å²) in [6.07, 6.45) is -4.48. The maximum Gasteiger partial charge on any atom is 0.417 e. The normalized spacial score (nSPS) is 11.8. The van der Waals surface area contributed by atoms with E-state index in [1.807, 2.05) is 115 Å². The van der Waals surface area contributed by atoms with Gasteiger partial charge in [0, 0.05) is 43.9 Å². The predicted octanol–water partition coefficient (Wildman–Crippen LogP) is 13.6. The van der Waals surface area contributed by atoms with E-state index in [2.05, 4.69) is 51.6 Å². The lowest BCUT2D eigenvalue weighted by Gasteiger charge is -2.14. The van der Waals surface area contributed by atoms with Gasteiger partial charge >= 0.3 is 6.18 Å². The second-order valence-electron chi connectivity index (χ2n) is 15.0. The van der Waals surface area contributed by atoms with Crippen molar-refractivity contribution in [3.05, 3.63) is 199 Å². The molecule has 0 aliphatic rings. The number of fused-ring (bicyclic) bond motifs is 7. The van der Waals surface area contributed by atoms with Crippen LogP contribution in [0.1, 0.15) is 11.1 Å². The molecule has 11 rings (SSSR count). The summed E-state index contributed by atoms with van der Waals surface area (Å²) in [6.45, 7) is 0. The van der Waals surface area contributed by atoms with E-state index in [4.69, 9.17) is 15.0 Å². The molecule has 0 N–H and O–H groups in total. The zero-order valence-corrected chi connectivity index (χ0v) is 32.7. The van der Waals surface area contributed by atoms with E-state index < -0.39 is 11.7 Å². The summed E-state index contributed by atoms with van der Waals surface area (Å²) in [5.74, 6) is 1.50. The molecular formula is C53H31F3N6. The highest BCUT2D eigenvalue weighted by molar-refractivity contribution is 6.26. The summed E-state index contributed by atoms with van der Waals surface area (Å²) in [4.78, 5) is 14.7. The van der Waals surface area contributed by atoms with Gasteiger partial charge in [-0.05, 0) is 65.7 Å². The van der Waals surface area contributed by atoms with Crippen LogP contribution in [-0.2, 0) is 6.18 Å². The third kappa shape index (κ3) is 6.00. The van der Waals surface area contributed by atoms with Crippen molar-refractivity contribution in [1.29, 1.82) is 5.26 Å². The van der Waals surface area contributed by atoms with Crippen LogP contribution in [0.25, 0.3) is 100 Å². The molecule has 0 amide bonds. The zero-order valence-electron chi connectivity index (χ0n) is 32.7. The third-order valence-corrected chi connectivity index (χ3v) is 11.5. The van der Waals surface area contributed by atoms with Gasteiger partial charge in [0.25, 0.3) is 0 Å². The van der Waals surface area contributed by atoms with Crippen molar-refractivity contribution in [3.8, 4) is 62.7 Å². The van der Waals surface area contributed by atoms with E-state index in [1.54, 1.807) is 18.2 Å². The molecule has 9 heteroatoms. The molecule has 11 aromatic rings. The minimum absolute atomic E-state index is 0.128. The molecule has 8 aromatic carbocycles. The first-order valence-corrected chi connectivity index (χ1v) is 20.0. The van der Waals surface area contributed by atoms with Crippen molar-refractivity contribution in [3.63, 3.8) is 0 Å². The summed E-state index contributed by atoms with van der Waals surface area (Å²) in [5, 5.41) is 14.9. The lowest BCUT2D eigenvalue weighted by molar-refractivity contribution is -0.137. The summed E-state index contributed by atoms with van der Waals surface area (Å²) in [7, 11) is 0. The molecular weight excluding hydrogens is 778 g/mol. The fourth-order valence-corrected chi connectivity index (χ4v) is 8.71. The van der Waals surface area contributed by atoms with Crippen LogP contribution >= 0.6 is 0 Å². The molecule has 0 bridgehead atoms. The van der Waals surface area contributed by atoms with Crippen LogP contribution < -0.4 is 0 Å². The Kier molecular flexibility index (Phi) is 8.55. The molecule has 0 aliphatic heterocycles. The number of rotatable bonds is 6. The van der Waals surface area contributed by atoms with Gasteiger partial charge in [-0.15, -0.1) is 0 Å². The molecule has 0 saturated heterocycles. The fourth-order valence-electron chi connectivity index (χ4n) is 8.71. The number of para-hydroxylation sites is 2. The number of halogens is 3. The van der Waals surface area contributed by atoms with Gasteiger partial charge in [-0.25, -0.2) is 15.0 Å². The molecule has 294 valence electrons. The van der Waals surface area contributed by atoms with Gasteiger partial charge in [-0.2, -0.15) is 18.4 Å². The topological polar surface area (TPSA) is 72.3 Å². The Morgan fingerprint density at radius 3 is 1.65 bits per heavy atom. The Hall–Kier alpha value is -8.35. The molecule has 3 aromatic heterocycles. The summed E-state index contributed by atoms with van der Waals surface area (Å²) in [5.41, 5.74) is 7.93. The van der Waals surface area contributed by atoms with E-state index in [0.717, 1.165) is 66.5 Å². The van der Waals surface area contributed by atoms with Gasteiger partial charge < -0.3 is 9.13 Å². The van der Waals surface area contributed by atoms with Gasteiger partial charge in [0.05, 0.1) is 38.9 Å². The number of benzene rings is 8. The number of hydrogen-bond acceptors (Lipinski definition) is 4. The van der Waals surface area contributed by atoms with Crippen LogP contribution in [0.2, 0.25) is 0 Å². The highest BCUT2D eigenvalue weighted by atomic mass is 19.4. The quantitative estimate of drug-likeness (QED) is 0.168. The number of nitrogens with zero attached hydrogens (tertiary/aromatic N) is 6. The number of alkyl halides is 3. The maximum atomic E-state index is 14.0. The van der Waals surface area contributed by atoms with Crippen LogP contribution in [0.3, 0.4) is 0 Å². The van der Waals surface area contributed by atoms with Crippen LogP contribution in [0.4, 0.5) is 13.2 Å². The van der Waals surface area contributed by atoms with E-state index in [0.29, 0.717) is 39.9 Å². The number of hydrogen-bond donors (Lipinski definition) is 0. The second-order valence-corrected chi connectivity index (χ2v) is 15.0. The van der Waals surface area contributed by atoms with E-state index in [9.17, 15) is 18.4 Å². The standard InChI is InChI=1S/C53H31F3N6/c54-53(55,56)43-20-10-7-17-39(43)33-23-26-38(27-24-33)61-46-22-12-9-19-42(46)48-47(61)30-28-41-40-18-8-11-21-45(40)62(49(41)48)44-29-25-36(31-37(44)32-57)52-59-50(34-13-3-1-4-14-34)58-51(60-52)35-15-5-2-6-16-35/h1-31H. The second kappa shape index (κ2) is 14.4. The smallest absolute Gasteiger partial charge is 0.309 e. The average Bonchev–Trinajstić information content (AvgIpc) is 3.84. The molecule has 3 heterocycles. The minimum Gasteiger partial charge on any atom is -0.309 e. The Morgan fingerprint density at radius 1 is 0.452 bits per heavy atom. The lowest BCUT2D eigenvalue weighted by atomic mass is 9.99. The minimum atomic E-state index is -4.48. The third-order valence-electron chi connectivity index (χ3n) is 11.5. The Balaban J connectivity index is 1.11. The zero-order chi connectivity index (χ0) is 42.0. The molecule has 6 nitrogen and oxygen atoms in total. The highest BCUT2D eigenvalue weighted by Crippen LogP contribution is 2.43. The monoisotopic (exact) mass is 808 g/mol. The molecule has 0 atom stereocenters. The van der Waals surface area contributed by atoms with Crippen molar-refractivity contribution in [2.75, 3.05) is 0 Å². The maximum absolute atomic E-state index is 14.0. The Labute approximate surface area is 353 Å². The van der Waals surface area contributed by atoms with Crippen LogP contribution in [0, 0.1) is 11.3 Å². The largest absolute Gasteiger partial charge is 0.417 e. The van der Waals surface area contributed by atoms with E-state index in [-0.39, 0.29) is 5.56 Å². The molecule has 0 radical (unpaired) electrons. The highest BCUT2D eigenvalue weighted by Gasteiger charge is 2.33. The van der Waals surface area contributed by atoms with E-state index in [1.165, 1.54) is 12.1 Å². The number of aromatic nitrogens is 5. The number of nitriles is 1.